The van der Waals surface area contributed by atoms with E-state index in [-0.39, 0.29) is 48.7 Å². The van der Waals surface area contributed by atoms with Gasteiger partial charge in [-0.15, -0.1) is 0 Å². The number of likely N-dealkylation sites (tertiary alicyclic amines) is 1. The number of nitrogens with zero attached hydrogens (tertiary/aromatic N) is 3. The first-order chi connectivity index (χ1) is 17.9. The minimum absolute atomic E-state index is 0.0275. The van der Waals surface area contributed by atoms with Crippen LogP contribution in [-0.2, 0) is 19.6 Å². The molecule has 1 aliphatic rings. The van der Waals surface area contributed by atoms with Crippen LogP contribution >= 0.6 is 0 Å². The lowest BCUT2D eigenvalue weighted by Crippen LogP contribution is -2.56. The smallest absolute Gasteiger partial charge is 0.326 e. The van der Waals surface area contributed by atoms with Crippen molar-refractivity contribution in [3.05, 3.63) is 46.1 Å². The molecule has 3 atom stereocenters. The van der Waals surface area contributed by atoms with Crippen LogP contribution in [0, 0.1) is 28.4 Å². The van der Waals surface area contributed by atoms with Crippen LogP contribution in [0.4, 0.5) is 0 Å². The van der Waals surface area contributed by atoms with E-state index in [1.54, 1.807) is 23.6 Å². The molecule has 0 saturated carbocycles. The summed E-state index contributed by atoms with van der Waals surface area (Å²) in [5.41, 5.74) is 2.72. The zero-order valence-electron chi connectivity index (χ0n) is 21.0. The Morgan fingerprint density at radius 2 is 2.11 bits per heavy atom. The number of rotatable bonds is 10. The van der Waals surface area contributed by atoms with Crippen LogP contribution in [0.1, 0.15) is 38.2 Å². The Bertz CT molecular complexity index is 1330. The number of para-hydroxylation sites is 1. The molecule has 15 heteroatoms. The van der Waals surface area contributed by atoms with Crippen molar-refractivity contribution in [2.75, 3.05) is 13.1 Å². The summed E-state index contributed by atoms with van der Waals surface area (Å²) < 4.78 is 29.4. The Labute approximate surface area is 219 Å². The standard InChI is InChI=1S/C23H31N7O7S/c1-14-8-10-29(18(12-14)22(32)33)21(31)17(6-4-9-25-23(24)27-30(34)35)28-38(36,37)19-7-3-5-16-11-15(2)13-26-20(16)19/h3,5,7,11,13-14,17-18,28H,4,6,8-10,12H2,1-2H3,(H,32,33)(H3,24,25,27)/t14-,17?,18-/m1/s1. The van der Waals surface area contributed by atoms with Crippen molar-refractivity contribution < 1.29 is 28.1 Å². The Morgan fingerprint density at radius 3 is 2.79 bits per heavy atom. The number of amides is 1. The van der Waals surface area contributed by atoms with E-state index in [9.17, 15) is 33.2 Å². The molecule has 5 N–H and O–H groups in total. The third-order valence-electron chi connectivity index (χ3n) is 6.30. The van der Waals surface area contributed by atoms with E-state index >= 15 is 0 Å². The summed E-state index contributed by atoms with van der Waals surface area (Å²) in [5.74, 6) is -2.31. The summed E-state index contributed by atoms with van der Waals surface area (Å²) in [4.78, 5) is 41.3. The second kappa shape index (κ2) is 12.1. The fraction of sp³-hybridized carbons (Fsp3) is 0.478. The number of benzene rings is 1. The first kappa shape index (κ1) is 28.7. The number of piperidine rings is 1. The quantitative estimate of drug-likeness (QED) is 0.0933. The fourth-order valence-electron chi connectivity index (χ4n) is 4.43. The molecule has 1 fully saturated rings. The zero-order valence-corrected chi connectivity index (χ0v) is 21.8. The van der Waals surface area contributed by atoms with Gasteiger partial charge in [-0.2, -0.15) is 4.72 Å². The number of sulfonamides is 1. The number of carbonyl (C=O) groups is 2. The van der Waals surface area contributed by atoms with Gasteiger partial charge in [-0.3, -0.25) is 15.2 Å². The number of hydrazine groups is 1. The number of carbonyl (C=O) groups excluding carboxylic acids is 1. The molecule has 3 rings (SSSR count). The van der Waals surface area contributed by atoms with E-state index in [0.29, 0.717) is 11.8 Å². The number of aliphatic carboxylic acids is 1. The average molecular weight is 550 g/mol. The number of fused-ring (bicyclic) bond motifs is 1. The van der Waals surface area contributed by atoms with Crippen LogP contribution in [0.5, 0.6) is 0 Å². The van der Waals surface area contributed by atoms with Gasteiger partial charge in [-0.25, -0.2) is 23.3 Å². The van der Waals surface area contributed by atoms with Gasteiger partial charge >= 0.3 is 5.97 Å². The molecule has 14 nitrogen and oxygen atoms in total. The van der Waals surface area contributed by atoms with Crippen molar-refractivity contribution in [2.24, 2.45) is 5.92 Å². The molecule has 1 amide bonds. The maximum absolute atomic E-state index is 13.6. The number of guanidine groups is 1. The molecule has 2 heterocycles. The summed E-state index contributed by atoms with van der Waals surface area (Å²) in [6.45, 7) is 3.92. The molecule has 0 radical (unpaired) electrons. The summed E-state index contributed by atoms with van der Waals surface area (Å²) >= 11 is 0. The molecule has 1 aromatic heterocycles. The fourth-order valence-corrected chi connectivity index (χ4v) is 5.84. The molecule has 2 aromatic rings. The number of aryl methyl sites for hydroxylation is 1. The zero-order chi connectivity index (χ0) is 28.0. The summed E-state index contributed by atoms with van der Waals surface area (Å²) in [6, 6.07) is 4.06. The molecule has 0 spiro atoms. The molecule has 1 unspecified atom stereocenters. The Balaban J connectivity index is 1.86. The molecule has 1 aliphatic heterocycles. The van der Waals surface area contributed by atoms with Gasteiger partial charge in [0, 0.05) is 24.7 Å². The molecule has 206 valence electrons. The molecule has 0 bridgehead atoms. The number of pyridine rings is 1. The van der Waals surface area contributed by atoms with Gasteiger partial charge in [0.2, 0.25) is 15.9 Å². The van der Waals surface area contributed by atoms with Gasteiger partial charge < -0.3 is 15.3 Å². The van der Waals surface area contributed by atoms with Crippen molar-refractivity contribution in [1.29, 1.82) is 5.41 Å². The first-order valence-corrected chi connectivity index (χ1v) is 13.5. The summed E-state index contributed by atoms with van der Waals surface area (Å²) in [5, 5.41) is 29.8. The van der Waals surface area contributed by atoms with Crippen LogP contribution in [0.15, 0.2) is 35.4 Å². The maximum atomic E-state index is 13.6. The van der Waals surface area contributed by atoms with Crippen molar-refractivity contribution in [3.8, 4) is 0 Å². The third-order valence-corrected chi connectivity index (χ3v) is 7.81. The van der Waals surface area contributed by atoms with Crippen LogP contribution in [0.3, 0.4) is 0 Å². The number of hydrogen-bond acceptors (Lipinski definition) is 8. The highest BCUT2D eigenvalue weighted by Gasteiger charge is 2.39. The van der Waals surface area contributed by atoms with Crippen molar-refractivity contribution >= 4 is 38.8 Å². The average Bonchev–Trinajstić information content (AvgIpc) is 2.84. The van der Waals surface area contributed by atoms with Crippen LogP contribution in [-0.4, -0.2) is 71.4 Å². The van der Waals surface area contributed by atoms with E-state index in [1.807, 2.05) is 13.8 Å². The van der Waals surface area contributed by atoms with Gasteiger partial charge in [0.15, 0.2) is 5.03 Å². The SMILES string of the molecule is Cc1cnc2c(S(=O)(=O)NC(CCCNC(=N)N[N+](=O)[O-])C(=O)N3CC[C@@H](C)C[C@@H]3C(=O)O)cccc2c1. The Hall–Kier alpha value is -3.85. The lowest BCUT2D eigenvalue weighted by atomic mass is 9.91. The number of carboxylic acids is 1. The predicted molar refractivity (Wildman–Crippen MR) is 137 cm³/mol. The third kappa shape index (κ3) is 7.13. The highest BCUT2D eigenvalue weighted by molar-refractivity contribution is 7.89. The van der Waals surface area contributed by atoms with Gasteiger partial charge in [-0.05, 0) is 56.2 Å². The van der Waals surface area contributed by atoms with Crippen LogP contribution in [0.2, 0.25) is 0 Å². The topological polar surface area (TPSA) is 208 Å². The van der Waals surface area contributed by atoms with E-state index < -0.39 is 45.0 Å². The lowest BCUT2D eigenvalue weighted by molar-refractivity contribution is -0.525. The number of hydrogen-bond donors (Lipinski definition) is 5. The van der Waals surface area contributed by atoms with E-state index in [2.05, 4.69) is 15.0 Å². The highest BCUT2D eigenvalue weighted by Crippen LogP contribution is 2.26. The second-order valence-electron chi connectivity index (χ2n) is 9.34. The first-order valence-electron chi connectivity index (χ1n) is 12.0. The van der Waals surface area contributed by atoms with Crippen LogP contribution in [0.25, 0.3) is 10.9 Å². The molecule has 38 heavy (non-hydrogen) atoms. The number of nitrogens with one attached hydrogen (secondary N) is 4. The van der Waals surface area contributed by atoms with Gasteiger partial charge in [0.05, 0.1) is 5.52 Å². The summed E-state index contributed by atoms with van der Waals surface area (Å²) in [6.07, 6.45) is 2.46. The minimum Gasteiger partial charge on any atom is -0.480 e. The molecule has 1 saturated heterocycles. The number of carboxylic acid groups (broad SMARTS) is 1. The summed E-state index contributed by atoms with van der Waals surface area (Å²) in [7, 11) is -4.27. The van der Waals surface area contributed by atoms with E-state index in [1.165, 1.54) is 17.2 Å². The highest BCUT2D eigenvalue weighted by atomic mass is 32.2. The molecule has 0 aliphatic carbocycles. The van der Waals surface area contributed by atoms with Gasteiger partial charge in [0.1, 0.15) is 17.0 Å². The van der Waals surface area contributed by atoms with E-state index in [4.69, 9.17) is 5.41 Å². The Morgan fingerprint density at radius 1 is 1.37 bits per heavy atom. The monoisotopic (exact) mass is 549 g/mol. The largest absolute Gasteiger partial charge is 0.480 e. The number of aromatic nitrogens is 1. The van der Waals surface area contributed by atoms with Crippen molar-refractivity contribution in [3.63, 3.8) is 0 Å². The molecule has 1 aromatic carbocycles. The minimum atomic E-state index is -4.27. The Kier molecular flexibility index (Phi) is 9.17. The predicted octanol–water partition coefficient (Wildman–Crippen LogP) is 0.988. The number of nitro groups is 1. The lowest BCUT2D eigenvalue weighted by Gasteiger charge is -2.38. The van der Waals surface area contributed by atoms with Gasteiger partial charge in [-0.1, -0.05) is 24.5 Å². The van der Waals surface area contributed by atoms with E-state index in [0.717, 1.165) is 5.56 Å². The maximum Gasteiger partial charge on any atom is 0.326 e. The molecular weight excluding hydrogens is 518 g/mol. The second-order valence-corrected chi connectivity index (χ2v) is 11.0. The van der Waals surface area contributed by atoms with Crippen LogP contribution < -0.4 is 15.5 Å². The van der Waals surface area contributed by atoms with Crippen molar-refractivity contribution in [1.82, 2.24) is 25.3 Å². The van der Waals surface area contributed by atoms with Gasteiger partial charge in [0.25, 0.3) is 5.96 Å². The normalized spacial score (nSPS) is 18.5. The van der Waals surface area contributed by atoms with Crippen molar-refractivity contribution in [2.45, 2.75) is 56.5 Å². The molecular formula is C23H31N7O7S.